The number of aliphatic hydroxyl groups excluding tert-OH is 1. The first-order valence-corrected chi connectivity index (χ1v) is 12.1. The lowest BCUT2D eigenvalue weighted by atomic mass is 10.0. The van der Waals surface area contributed by atoms with Gasteiger partial charge in [0.15, 0.2) is 5.96 Å². The van der Waals surface area contributed by atoms with E-state index in [-0.39, 0.29) is 31.8 Å². The number of rotatable bonds is 14. The third kappa shape index (κ3) is 8.74. The number of benzene rings is 1. The maximum Gasteiger partial charge on any atom is 0.325 e. The summed E-state index contributed by atoms with van der Waals surface area (Å²) in [6, 6.07) is 2.66. The van der Waals surface area contributed by atoms with Crippen molar-refractivity contribution in [3.63, 3.8) is 0 Å². The Morgan fingerprint density at radius 3 is 2.34 bits per heavy atom. The van der Waals surface area contributed by atoms with Crippen molar-refractivity contribution in [1.82, 2.24) is 20.9 Å². The van der Waals surface area contributed by atoms with Gasteiger partial charge in [0.1, 0.15) is 18.1 Å². The van der Waals surface area contributed by atoms with Gasteiger partial charge in [0.25, 0.3) is 0 Å². The first-order chi connectivity index (χ1) is 17.9. The Morgan fingerprint density at radius 1 is 1.03 bits per heavy atom. The van der Waals surface area contributed by atoms with Crippen LogP contribution in [0.25, 0.3) is 10.9 Å². The van der Waals surface area contributed by atoms with Crippen LogP contribution >= 0.6 is 0 Å². The number of aliphatic carboxylic acids is 1. The number of para-hydroxylation sites is 1. The Morgan fingerprint density at radius 2 is 1.71 bits per heavy atom. The zero-order chi connectivity index (χ0) is 28.4. The number of aliphatic hydroxyl groups is 1. The molecule has 0 fully saturated rings. The van der Waals surface area contributed by atoms with Crippen molar-refractivity contribution in [3.05, 3.63) is 36.0 Å². The molecule has 1 heterocycles. The number of carbonyl (C=O) groups excluding carboxylic acids is 3. The molecule has 5 unspecified atom stereocenters. The van der Waals surface area contributed by atoms with Gasteiger partial charge in [-0.3, -0.25) is 24.2 Å². The Balaban J connectivity index is 2.09. The number of hydrogen-bond acceptors (Lipinski definition) is 7. The van der Waals surface area contributed by atoms with Gasteiger partial charge in [0, 0.05) is 23.6 Å². The van der Waals surface area contributed by atoms with E-state index in [0.29, 0.717) is 0 Å². The molecule has 1 aromatic carbocycles. The van der Waals surface area contributed by atoms with Gasteiger partial charge in [-0.25, -0.2) is 0 Å². The van der Waals surface area contributed by atoms with E-state index in [9.17, 15) is 24.3 Å². The predicted octanol–water partition coefficient (Wildman–Crippen LogP) is -1.97. The number of guanidine groups is 1. The van der Waals surface area contributed by atoms with Gasteiger partial charge in [-0.15, -0.1) is 0 Å². The first-order valence-electron chi connectivity index (χ1n) is 12.1. The lowest BCUT2D eigenvalue weighted by Crippen LogP contribution is -2.59. The summed E-state index contributed by atoms with van der Waals surface area (Å²) < 4.78 is 0. The van der Waals surface area contributed by atoms with Crippen LogP contribution in [0.15, 0.2) is 35.5 Å². The summed E-state index contributed by atoms with van der Waals surface area (Å²) in [4.78, 5) is 56.6. The van der Waals surface area contributed by atoms with Crippen LogP contribution in [0.1, 0.15) is 32.3 Å². The lowest BCUT2D eigenvalue weighted by molar-refractivity contribution is -0.142. The van der Waals surface area contributed by atoms with E-state index in [2.05, 4.69) is 25.9 Å². The molecule has 0 radical (unpaired) electrons. The van der Waals surface area contributed by atoms with Gasteiger partial charge in [-0.05, 0) is 44.7 Å². The molecule has 0 saturated carbocycles. The fraction of sp³-hybridized carbons (Fsp3) is 0.458. The Kier molecular flexibility index (Phi) is 11.0. The largest absolute Gasteiger partial charge is 0.480 e. The standard InChI is InChI=1S/C24H36N8O6/c1-12(23(37)38)30-21(35)18(8-5-9-28-24(26)27)31-22(36)19(13(2)33)32-20(34)16(25)10-14-11-29-17-7-4-3-6-15(14)17/h3-4,6-7,11-13,16,18-19,29,33H,5,8-10,25H2,1-2H3,(H,30,35)(H,31,36)(H,32,34)(H,37,38)(H4,26,27,28). The minimum atomic E-state index is -1.43. The highest BCUT2D eigenvalue weighted by atomic mass is 16.4. The van der Waals surface area contributed by atoms with Crippen molar-refractivity contribution in [1.29, 1.82) is 0 Å². The number of aromatic amines is 1. The number of hydrogen-bond donors (Lipinski definition) is 9. The maximum absolute atomic E-state index is 13.0. The van der Waals surface area contributed by atoms with Crippen molar-refractivity contribution in [2.24, 2.45) is 22.2 Å². The highest BCUT2D eigenvalue weighted by molar-refractivity contribution is 5.94. The number of fused-ring (bicyclic) bond motifs is 1. The topological polar surface area (TPSA) is 251 Å². The molecular formula is C24H36N8O6. The summed E-state index contributed by atoms with van der Waals surface area (Å²) in [5.74, 6) is -3.69. The summed E-state index contributed by atoms with van der Waals surface area (Å²) in [7, 11) is 0. The predicted molar refractivity (Wildman–Crippen MR) is 141 cm³/mol. The maximum atomic E-state index is 13.0. The number of carbonyl (C=O) groups is 4. The van der Waals surface area contributed by atoms with Gasteiger partial charge in [0.05, 0.1) is 12.1 Å². The Hall–Kier alpha value is -4.17. The molecule has 12 N–H and O–H groups in total. The highest BCUT2D eigenvalue weighted by Gasteiger charge is 2.32. The normalized spacial score (nSPS) is 14.9. The Bertz CT molecular complexity index is 1160. The quantitative estimate of drug-likeness (QED) is 0.0742. The minimum Gasteiger partial charge on any atom is -0.480 e. The van der Waals surface area contributed by atoms with Crippen LogP contribution in [0.4, 0.5) is 0 Å². The second kappa shape index (κ2) is 13.9. The molecule has 1 aromatic heterocycles. The number of nitrogens with two attached hydrogens (primary N) is 3. The van der Waals surface area contributed by atoms with E-state index in [1.807, 2.05) is 24.3 Å². The van der Waals surface area contributed by atoms with Crippen molar-refractivity contribution in [2.75, 3.05) is 6.54 Å². The van der Waals surface area contributed by atoms with Crippen molar-refractivity contribution >= 4 is 40.6 Å². The molecule has 14 nitrogen and oxygen atoms in total. The number of aromatic nitrogens is 1. The number of amides is 3. The molecule has 0 bridgehead atoms. The van der Waals surface area contributed by atoms with Crippen LogP contribution in [0.3, 0.4) is 0 Å². The third-order valence-electron chi connectivity index (χ3n) is 5.82. The molecular weight excluding hydrogens is 496 g/mol. The summed E-state index contributed by atoms with van der Waals surface area (Å²) >= 11 is 0. The van der Waals surface area contributed by atoms with Crippen molar-refractivity contribution < 1.29 is 29.4 Å². The molecule has 0 aliphatic rings. The molecule has 2 aromatic rings. The van der Waals surface area contributed by atoms with Crippen LogP contribution in [-0.4, -0.2) is 81.7 Å². The van der Waals surface area contributed by atoms with Gasteiger partial charge in [-0.1, -0.05) is 18.2 Å². The number of aliphatic imine (C=N–C) groups is 1. The number of nitrogens with one attached hydrogen (secondary N) is 4. The molecule has 3 amide bonds. The number of nitrogens with zero attached hydrogens (tertiary/aromatic N) is 1. The average molecular weight is 533 g/mol. The molecule has 0 saturated heterocycles. The molecule has 208 valence electrons. The van der Waals surface area contributed by atoms with E-state index in [0.717, 1.165) is 16.5 Å². The molecule has 5 atom stereocenters. The van der Waals surface area contributed by atoms with Crippen LogP contribution < -0.4 is 33.2 Å². The Labute approximate surface area is 219 Å². The van der Waals surface area contributed by atoms with E-state index >= 15 is 0 Å². The van der Waals surface area contributed by atoms with Crippen LogP contribution in [0, 0.1) is 0 Å². The summed E-state index contributed by atoms with van der Waals surface area (Å²) in [5, 5.41) is 27.4. The zero-order valence-corrected chi connectivity index (χ0v) is 21.3. The smallest absolute Gasteiger partial charge is 0.325 e. The molecule has 38 heavy (non-hydrogen) atoms. The lowest BCUT2D eigenvalue weighted by Gasteiger charge is -2.26. The van der Waals surface area contributed by atoms with Gasteiger partial charge < -0.3 is 48.3 Å². The number of carboxylic acid groups (broad SMARTS) is 1. The van der Waals surface area contributed by atoms with Gasteiger partial charge in [0.2, 0.25) is 17.7 Å². The van der Waals surface area contributed by atoms with Crippen LogP contribution in [-0.2, 0) is 25.6 Å². The number of H-pyrrole nitrogens is 1. The highest BCUT2D eigenvalue weighted by Crippen LogP contribution is 2.18. The average Bonchev–Trinajstić information content (AvgIpc) is 3.26. The zero-order valence-electron chi connectivity index (χ0n) is 21.3. The van der Waals surface area contributed by atoms with Crippen LogP contribution in [0.5, 0.6) is 0 Å². The van der Waals surface area contributed by atoms with E-state index in [1.54, 1.807) is 6.20 Å². The second-order valence-corrected chi connectivity index (χ2v) is 8.98. The summed E-state index contributed by atoms with van der Waals surface area (Å²) in [5.41, 5.74) is 18.4. The molecule has 14 heteroatoms. The minimum absolute atomic E-state index is 0.0568. The van der Waals surface area contributed by atoms with Gasteiger partial charge >= 0.3 is 5.97 Å². The van der Waals surface area contributed by atoms with E-state index < -0.39 is 54.0 Å². The molecule has 0 aliphatic heterocycles. The van der Waals surface area contributed by atoms with Crippen molar-refractivity contribution in [3.8, 4) is 0 Å². The van der Waals surface area contributed by atoms with E-state index in [4.69, 9.17) is 22.3 Å². The third-order valence-corrected chi connectivity index (χ3v) is 5.82. The van der Waals surface area contributed by atoms with Crippen molar-refractivity contribution in [2.45, 2.75) is 63.4 Å². The summed E-state index contributed by atoms with van der Waals surface area (Å²) in [6.45, 7) is 2.73. The first kappa shape index (κ1) is 30.1. The monoisotopic (exact) mass is 532 g/mol. The van der Waals surface area contributed by atoms with Gasteiger partial charge in [-0.2, -0.15) is 0 Å². The molecule has 0 spiro atoms. The molecule has 0 aliphatic carbocycles. The van der Waals surface area contributed by atoms with E-state index in [1.165, 1.54) is 13.8 Å². The fourth-order valence-corrected chi connectivity index (χ4v) is 3.71. The number of carboxylic acids is 1. The van der Waals surface area contributed by atoms with Crippen LogP contribution in [0.2, 0.25) is 0 Å². The summed E-state index contributed by atoms with van der Waals surface area (Å²) in [6.07, 6.45) is 0.926. The SMILES string of the molecule is CC(NC(=O)C(CCCN=C(N)N)NC(=O)C(NC(=O)C(N)Cc1c[nH]c2ccccc12)C(C)O)C(=O)O. The molecule has 2 rings (SSSR count). The fourth-order valence-electron chi connectivity index (χ4n) is 3.71. The second-order valence-electron chi connectivity index (χ2n) is 8.98.